The molecular formula is C18H22N4O2. The number of carbonyl (C=O) groups is 1. The standard InChI is InChI=1S/C18H22N4O2/c1-24-13-6-4-12(5-7-13)17-20-14-8-10-22(11-16(14)21-17)18(23)15-3-2-9-19-15/h4-7,15,19H,2-3,8-11H2,1H3,(H,20,21)/t15-/m1/s1. The van der Waals surface area contributed by atoms with E-state index in [0.717, 1.165) is 60.9 Å². The van der Waals surface area contributed by atoms with Gasteiger partial charge in [-0.3, -0.25) is 4.79 Å². The van der Waals surface area contributed by atoms with Crippen molar-refractivity contribution in [2.24, 2.45) is 0 Å². The minimum Gasteiger partial charge on any atom is -0.497 e. The summed E-state index contributed by atoms with van der Waals surface area (Å²) in [7, 11) is 1.66. The molecule has 0 saturated carbocycles. The van der Waals surface area contributed by atoms with Crippen molar-refractivity contribution in [1.29, 1.82) is 0 Å². The molecule has 1 aromatic heterocycles. The van der Waals surface area contributed by atoms with Crippen molar-refractivity contribution in [3.63, 3.8) is 0 Å². The number of ether oxygens (including phenoxy) is 1. The Morgan fingerprint density at radius 3 is 2.88 bits per heavy atom. The number of H-pyrrole nitrogens is 1. The van der Waals surface area contributed by atoms with Gasteiger partial charge in [-0.15, -0.1) is 0 Å². The third-order valence-corrected chi connectivity index (χ3v) is 4.87. The van der Waals surface area contributed by atoms with Crippen LogP contribution in [0.3, 0.4) is 0 Å². The summed E-state index contributed by atoms with van der Waals surface area (Å²) in [5.74, 6) is 1.91. The number of nitrogens with zero attached hydrogens (tertiary/aromatic N) is 2. The van der Waals surface area contributed by atoms with Gasteiger partial charge in [-0.25, -0.2) is 4.98 Å². The molecule has 1 atom stereocenters. The van der Waals surface area contributed by atoms with Crippen LogP contribution in [0.1, 0.15) is 24.2 Å². The molecule has 0 radical (unpaired) electrons. The van der Waals surface area contributed by atoms with E-state index >= 15 is 0 Å². The maximum atomic E-state index is 12.6. The zero-order valence-electron chi connectivity index (χ0n) is 13.8. The number of hydrogen-bond acceptors (Lipinski definition) is 4. The number of amides is 1. The molecule has 2 aliphatic heterocycles. The zero-order valence-corrected chi connectivity index (χ0v) is 13.8. The molecule has 1 saturated heterocycles. The van der Waals surface area contributed by atoms with Crippen LogP contribution in [-0.2, 0) is 17.8 Å². The lowest BCUT2D eigenvalue weighted by molar-refractivity contribution is -0.134. The molecule has 24 heavy (non-hydrogen) atoms. The molecule has 2 aliphatic rings. The number of fused-ring (bicyclic) bond motifs is 1. The number of aromatic nitrogens is 2. The first-order chi connectivity index (χ1) is 11.7. The normalized spacial score (nSPS) is 20.0. The maximum absolute atomic E-state index is 12.6. The number of carbonyl (C=O) groups excluding carboxylic acids is 1. The number of aromatic amines is 1. The molecule has 0 aliphatic carbocycles. The molecule has 0 bridgehead atoms. The van der Waals surface area contributed by atoms with E-state index in [-0.39, 0.29) is 11.9 Å². The van der Waals surface area contributed by atoms with Gasteiger partial charge in [0, 0.05) is 18.5 Å². The van der Waals surface area contributed by atoms with Gasteiger partial charge in [0.25, 0.3) is 0 Å². The number of hydrogen-bond donors (Lipinski definition) is 2. The van der Waals surface area contributed by atoms with Crippen LogP contribution in [0.15, 0.2) is 24.3 Å². The van der Waals surface area contributed by atoms with E-state index < -0.39 is 0 Å². The fourth-order valence-corrected chi connectivity index (χ4v) is 3.48. The van der Waals surface area contributed by atoms with E-state index in [1.807, 2.05) is 29.2 Å². The van der Waals surface area contributed by atoms with Crippen molar-refractivity contribution in [3.8, 4) is 17.1 Å². The quantitative estimate of drug-likeness (QED) is 0.901. The summed E-state index contributed by atoms with van der Waals surface area (Å²) in [6.07, 6.45) is 2.84. The van der Waals surface area contributed by atoms with Crippen LogP contribution in [0.5, 0.6) is 5.75 Å². The van der Waals surface area contributed by atoms with Crippen LogP contribution >= 0.6 is 0 Å². The lowest BCUT2D eigenvalue weighted by atomic mass is 10.1. The van der Waals surface area contributed by atoms with Gasteiger partial charge in [0.1, 0.15) is 11.6 Å². The predicted octanol–water partition coefficient (Wildman–Crippen LogP) is 1.72. The zero-order chi connectivity index (χ0) is 16.5. The van der Waals surface area contributed by atoms with E-state index in [1.165, 1.54) is 0 Å². The summed E-state index contributed by atoms with van der Waals surface area (Å²) in [4.78, 5) is 22.6. The summed E-state index contributed by atoms with van der Waals surface area (Å²) in [6.45, 7) is 2.31. The molecule has 1 aromatic carbocycles. The van der Waals surface area contributed by atoms with Gasteiger partial charge >= 0.3 is 0 Å². The topological polar surface area (TPSA) is 70.2 Å². The number of rotatable bonds is 3. The number of methoxy groups -OCH3 is 1. The Morgan fingerprint density at radius 2 is 2.17 bits per heavy atom. The highest BCUT2D eigenvalue weighted by Gasteiger charge is 2.30. The maximum Gasteiger partial charge on any atom is 0.240 e. The summed E-state index contributed by atoms with van der Waals surface area (Å²) in [5, 5.41) is 3.29. The Labute approximate surface area is 141 Å². The Kier molecular flexibility index (Phi) is 3.98. The molecule has 126 valence electrons. The summed E-state index contributed by atoms with van der Waals surface area (Å²) < 4.78 is 5.19. The third-order valence-electron chi connectivity index (χ3n) is 4.87. The third kappa shape index (κ3) is 2.78. The van der Waals surface area contributed by atoms with Gasteiger partial charge in [0.15, 0.2) is 0 Å². The van der Waals surface area contributed by atoms with Crippen LogP contribution in [0, 0.1) is 0 Å². The van der Waals surface area contributed by atoms with Crippen molar-refractivity contribution in [1.82, 2.24) is 20.2 Å². The van der Waals surface area contributed by atoms with E-state index in [4.69, 9.17) is 9.72 Å². The second kappa shape index (κ2) is 6.28. The van der Waals surface area contributed by atoms with Crippen molar-refractivity contribution in [3.05, 3.63) is 35.7 Å². The molecule has 6 heteroatoms. The van der Waals surface area contributed by atoms with Gasteiger partial charge in [-0.05, 0) is 43.7 Å². The SMILES string of the molecule is COc1ccc(-c2nc3c([nH]2)CN(C(=O)[C@H]2CCCN2)CC3)cc1. The molecule has 4 rings (SSSR count). The Bertz CT molecular complexity index is 732. The monoisotopic (exact) mass is 326 g/mol. The van der Waals surface area contributed by atoms with Crippen LogP contribution < -0.4 is 10.1 Å². The summed E-state index contributed by atoms with van der Waals surface area (Å²) in [5.41, 5.74) is 3.16. The molecule has 2 N–H and O–H groups in total. The first kappa shape index (κ1) is 15.2. The average Bonchev–Trinajstić information content (AvgIpc) is 3.30. The average molecular weight is 326 g/mol. The Balaban J connectivity index is 1.51. The lowest BCUT2D eigenvalue weighted by Gasteiger charge is -2.28. The van der Waals surface area contributed by atoms with E-state index in [2.05, 4.69) is 10.3 Å². The molecule has 0 spiro atoms. The molecular weight excluding hydrogens is 304 g/mol. The Morgan fingerprint density at radius 1 is 1.33 bits per heavy atom. The van der Waals surface area contributed by atoms with Crippen molar-refractivity contribution >= 4 is 5.91 Å². The second-order valence-electron chi connectivity index (χ2n) is 6.40. The minimum atomic E-state index is -0.00414. The van der Waals surface area contributed by atoms with E-state index in [9.17, 15) is 4.79 Å². The molecule has 3 heterocycles. The van der Waals surface area contributed by atoms with Gasteiger partial charge in [-0.2, -0.15) is 0 Å². The molecule has 2 aromatic rings. The highest BCUT2D eigenvalue weighted by atomic mass is 16.5. The number of imidazole rings is 1. The molecule has 1 fully saturated rings. The molecule has 6 nitrogen and oxygen atoms in total. The number of nitrogens with one attached hydrogen (secondary N) is 2. The Hall–Kier alpha value is -2.34. The highest BCUT2D eigenvalue weighted by Crippen LogP contribution is 2.25. The summed E-state index contributed by atoms with van der Waals surface area (Å²) in [6, 6.07) is 7.84. The molecule has 0 unspecified atom stereocenters. The van der Waals surface area contributed by atoms with Gasteiger partial charge in [0.2, 0.25) is 5.91 Å². The van der Waals surface area contributed by atoms with Crippen molar-refractivity contribution < 1.29 is 9.53 Å². The van der Waals surface area contributed by atoms with Crippen LogP contribution in [-0.4, -0.2) is 47.0 Å². The van der Waals surface area contributed by atoms with Crippen molar-refractivity contribution in [2.45, 2.75) is 31.8 Å². The minimum absolute atomic E-state index is 0.00414. The predicted molar refractivity (Wildman–Crippen MR) is 90.7 cm³/mol. The highest BCUT2D eigenvalue weighted by molar-refractivity contribution is 5.82. The fraction of sp³-hybridized carbons (Fsp3) is 0.444. The molecule has 1 amide bonds. The second-order valence-corrected chi connectivity index (χ2v) is 6.40. The first-order valence-corrected chi connectivity index (χ1v) is 8.49. The lowest BCUT2D eigenvalue weighted by Crippen LogP contribution is -2.45. The van der Waals surface area contributed by atoms with Crippen molar-refractivity contribution in [2.75, 3.05) is 20.2 Å². The van der Waals surface area contributed by atoms with Gasteiger partial charge < -0.3 is 19.9 Å². The van der Waals surface area contributed by atoms with Crippen LogP contribution in [0.4, 0.5) is 0 Å². The fourth-order valence-electron chi connectivity index (χ4n) is 3.48. The van der Waals surface area contributed by atoms with Crippen LogP contribution in [0.25, 0.3) is 11.4 Å². The largest absolute Gasteiger partial charge is 0.497 e. The first-order valence-electron chi connectivity index (χ1n) is 8.49. The summed E-state index contributed by atoms with van der Waals surface area (Å²) >= 11 is 0. The smallest absolute Gasteiger partial charge is 0.240 e. The number of benzene rings is 1. The van der Waals surface area contributed by atoms with E-state index in [0.29, 0.717) is 6.54 Å². The van der Waals surface area contributed by atoms with Gasteiger partial charge in [0.05, 0.1) is 31.1 Å². The van der Waals surface area contributed by atoms with E-state index in [1.54, 1.807) is 7.11 Å². The van der Waals surface area contributed by atoms with Gasteiger partial charge in [-0.1, -0.05) is 0 Å². The van der Waals surface area contributed by atoms with Crippen LogP contribution in [0.2, 0.25) is 0 Å².